The quantitative estimate of drug-likeness (QED) is 0.586. The fourth-order valence-electron chi connectivity index (χ4n) is 2.56. The van der Waals surface area contributed by atoms with E-state index in [0.29, 0.717) is 28.5 Å². The lowest BCUT2D eigenvalue weighted by molar-refractivity contribution is -0.0429. The van der Waals surface area contributed by atoms with Crippen LogP contribution in [0.3, 0.4) is 0 Å². The second-order valence-electron chi connectivity index (χ2n) is 7.43. The summed E-state index contributed by atoms with van der Waals surface area (Å²) in [4.78, 5) is 15.8. The predicted octanol–water partition coefficient (Wildman–Crippen LogP) is 4.75. The zero-order valence-electron chi connectivity index (χ0n) is 16.0. The lowest BCUT2D eigenvalue weighted by Crippen LogP contribution is -2.29. The number of halogens is 4. The Morgan fingerprint density at radius 3 is 2.40 bits per heavy atom. The first-order valence-electron chi connectivity index (χ1n) is 8.55. The topological polar surface area (TPSA) is 101 Å². The molecule has 0 bridgehead atoms. The summed E-state index contributed by atoms with van der Waals surface area (Å²) in [5.74, 6) is 0.600. The van der Waals surface area contributed by atoms with Gasteiger partial charge in [0.1, 0.15) is 12.2 Å². The minimum Gasteiger partial charge on any atom is -0.340 e. The van der Waals surface area contributed by atoms with Crippen molar-refractivity contribution < 1.29 is 21.6 Å². The number of nitrogens with one attached hydrogen (secondary N) is 2. The number of sulfonamides is 1. The molecule has 0 amide bonds. The lowest BCUT2D eigenvalue weighted by Gasteiger charge is -2.14. The second-order valence-corrected chi connectivity index (χ2v) is 9.54. The Balaban J connectivity index is 2.16. The van der Waals surface area contributed by atoms with Gasteiger partial charge >= 0.3 is 15.5 Å². The van der Waals surface area contributed by atoms with E-state index < -0.39 is 15.5 Å². The van der Waals surface area contributed by atoms with Crippen LogP contribution in [0.5, 0.6) is 0 Å². The Morgan fingerprint density at radius 2 is 1.83 bits per heavy atom. The van der Waals surface area contributed by atoms with Gasteiger partial charge in [0.05, 0.1) is 22.8 Å². The maximum Gasteiger partial charge on any atom is 0.516 e. The molecule has 0 atom stereocenters. The van der Waals surface area contributed by atoms with Crippen molar-refractivity contribution in [1.82, 2.24) is 19.9 Å². The van der Waals surface area contributed by atoms with E-state index >= 15 is 0 Å². The van der Waals surface area contributed by atoms with Gasteiger partial charge in [0, 0.05) is 22.2 Å². The van der Waals surface area contributed by atoms with Crippen molar-refractivity contribution >= 4 is 27.3 Å². The van der Waals surface area contributed by atoms with E-state index in [4.69, 9.17) is 11.6 Å². The SMILES string of the molecule is CC(C)(C)c1nc(-c2cc(Cl)cc(NS(=O)(=O)C(F)(F)F)c2)c(-c2ccncn2)[nH]1. The molecular weight excluding hydrogens is 443 g/mol. The van der Waals surface area contributed by atoms with Crippen LogP contribution in [-0.4, -0.2) is 33.9 Å². The third-order valence-corrected chi connectivity index (χ3v) is 5.31. The minimum atomic E-state index is -5.60. The van der Waals surface area contributed by atoms with Crippen LogP contribution >= 0.6 is 11.6 Å². The van der Waals surface area contributed by atoms with Gasteiger partial charge in [-0.15, -0.1) is 0 Å². The number of imidazole rings is 1. The van der Waals surface area contributed by atoms with E-state index in [-0.39, 0.29) is 16.1 Å². The van der Waals surface area contributed by atoms with Gasteiger partial charge in [0.2, 0.25) is 0 Å². The van der Waals surface area contributed by atoms with Crippen LogP contribution in [-0.2, 0) is 15.4 Å². The Morgan fingerprint density at radius 1 is 1.13 bits per heavy atom. The van der Waals surface area contributed by atoms with Gasteiger partial charge in [0.25, 0.3) is 0 Å². The molecule has 0 unspecified atom stereocenters. The number of nitrogens with zero attached hydrogens (tertiary/aromatic N) is 3. The largest absolute Gasteiger partial charge is 0.516 e. The average Bonchev–Trinajstić information content (AvgIpc) is 3.06. The minimum absolute atomic E-state index is 0.0290. The number of aromatic amines is 1. The summed E-state index contributed by atoms with van der Waals surface area (Å²) in [7, 11) is -5.60. The summed E-state index contributed by atoms with van der Waals surface area (Å²) in [5, 5.41) is 0.0290. The highest BCUT2D eigenvalue weighted by Crippen LogP contribution is 2.36. The second kappa shape index (κ2) is 7.55. The van der Waals surface area contributed by atoms with Crippen LogP contribution in [0.15, 0.2) is 36.8 Å². The van der Waals surface area contributed by atoms with Crippen LogP contribution in [0, 0.1) is 0 Å². The molecule has 0 fully saturated rings. The monoisotopic (exact) mass is 459 g/mol. The van der Waals surface area contributed by atoms with E-state index in [1.54, 1.807) is 6.07 Å². The fraction of sp³-hybridized carbons (Fsp3) is 0.278. The van der Waals surface area contributed by atoms with Crippen LogP contribution in [0.4, 0.5) is 18.9 Å². The highest BCUT2D eigenvalue weighted by atomic mass is 35.5. The van der Waals surface area contributed by atoms with Crippen molar-refractivity contribution in [2.24, 2.45) is 0 Å². The van der Waals surface area contributed by atoms with Crippen molar-refractivity contribution in [2.75, 3.05) is 4.72 Å². The van der Waals surface area contributed by atoms with Crippen molar-refractivity contribution in [2.45, 2.75) is 31.7 Å². The summed E-state index contributed by atoms with van der Waals surface area (Å²) in [6.45, 7) is 5.79. The maximum atomic E-state index is 12.7. The molecule has 0 aliphatic heterocycles. The number of hydrogen-bond donors (Lipinski definition) is 2. The predicted molar refractivity (Wildman–Crippen MR) is 107 cm³/mol. The van der Waals surface area contributed by atoms with Crippen molar-refractivity contribution in [1.29, 1.82) is 0 Å². The van der Waals surface area contributed by atoms with Crippen LogP contribution < -0.4 is 4.72 Å². The molecule has 0 radical (unpaired) electrons. The third kappa shape index (κ3) is 4.57. The number of H-pyrrole nitrogens is 1. The van der Waals surface area contributed by atoms with Crippen LogP contribution in [0.25, 0.3) is 22.6 Å². The summed E-state index contributed by atoms with van der Waals surface area (Å²) < 4.78 is 62.7. The number of alkyl halides is 3. The summed E-state index contributed by atoms with van der Waals surface area (Å²) in [5.41, 5.74) is -4.53. The first-order valence-corrected chi connectivity index (χ1v) is 10.4. The van der Waals surface area contributed by atoms with Gasteiger partial charge in [-0.1, -0.05) is 32.4 Å². The van der Waals surface area contributed by atoms with Crippen molar-refractivity contribution in [3.8, 4) is 22.6 Å². The third-order valence-electron chi connectivity index (χ3n) is 3.98. The number of hydrogen-bond acceptors (Lipinski definition) is 5. The molecule has 7 nitrogen and oxygen atoms in total. The maximum absolute atomic E-state index is 12.7. The molecule has 0 saturated heterocycles. The number of benzene rings is 1. The molecular formula is C18H17ClF3N5O2S. The van der Waals surface area contributed by atoms with E-state index in [2.05, 4.69) is 19.9 Å². The standard InChI is InChI=1S/C18H17ClF3N5O2S/c1-17(2,3)16-25-14(15(26-16)13-4-5-23-9-24-13)10-6-11(19)8-12(7-10)27-30(28,29)18(20,21)22/h4-9,27H,1-3H3,(H,25,26). The molecule has 0 aliphatic carbocycles. The van der Waals surface area contributed by atoms with Gasteiger partial charge in [-0.25, -0.2) is 15.0 Å². The van der Waals surface area contributed by atoms with Gasteiger partial charge in [0.15, 0.2) is 0 Å². The smallest absolute Gasteiger partial charge is 0.340 e. The first kappa shape index (κ1) is 22.0. The molecule has 30 heavy (non-hydrogen) atoms. The van der Waals surface area contributed by atoms with Crippen molar-refractivity contribution in [3.05, 3.63) is 47.6 Å². The fourth-order valence-corrected chi connectivity index (χ4v) is 3.34. The zero-order valence-corrected chi connectivity index (χ0v) is 17.6. The summed E-state index contributed by atoms with van der Waals surface area (Å²) in [6.07, 6.45) is 2.88. The molecule has 1 aromatic carbocycles. The Kier molecular flexibility index (Phi) is 5.54. The molecule has 0 spiro atoms. The molecule has 2 heterocycles. The van der Waals surface area contributed by atoms with Gasteiger partial charge in [-0.05, 0) is 24.3 Å². The molecule has 12 heteroatoms. The molecule has 3 aromatic rings. The van der Waals surface area contributed by atoms with Gasteiger partial charge in [-0.2, -0.15) is 21.6 Å². The zero-order chi connectivity index (χ0) is 22.3. The van der Waals surface area contributed by atoms with E-state index in [0.717, 1.165) is 6.07 Å². The van der Waals surface area contributed by atoms with Crippen LogP contribution in [0.2, 0.25) is 5.02 Å². The van der Waals surface area contributed by atoms with E-state index in [1.807, 2.05) is 20.8 Å². The highest BCUT2D eigenvalue weighted by molar-refractivity contribution is 7.93. The van der Waals surface area contributed by atoms with Gasteiger partial charge in [-0.3, -0.25) is 4.72 Å². The number of aromatic nitrogens is 4. The molecule has 0 saturated carbocycles. The Labute approximate surface area is 175 Å². The summed E-state index contributed by atoms with van der Waals surface area (Å²) in [6, 6.07) is 5.42. The normalized spacial score (nSPS) is 12.8. The van der Waals surface area contributed by atoms with Gasteiger partial charge < -0.3 is 4.98 Å². The van der Waals surface area contributed by atoms with Crippen LogP contribution in [0.1, 0.15) is 26.6 Å². The average molecular weight is 460 g/mol. The number of rotatable bonds is 4. The van der Waals surface area contributed by atoms with E-state index in [9.17, 15) is 21.6 Å². The molecule has 2 aromatic heterocycles. The number of anilines is 1. The summed E-state index contributed by atoms with van der Waals surface area (Å²) >= 11 is 6.06. The first-order chi connectivity index (χ1) is 13.8. The molecule has 0 aliphatic rings. The Bertz CT molecular complexity index is 1170. The lowest BCUT2D eigenvalue weighted by atomic mass is 9.96. The molecule has 160 valence electrons. The molecule has 3 rings (SSSR count). The highest BCUT2D eigenvalue weighted by Gasteiger charge is 2.46. The molecule has 2 N–H and O–H groups in total. The van der Waals surface area contributed by atoms with E-state index in [1.165, 1.54) is 29.4 Å². The van der Waals surface area contributed by atoms with Crippen molar-refractivity contribution in [3.63, 3.8) is 0 Å². The Hall–Kier alpha value is -2.66.